The normalized spacial score (nSPS) is 12.8. The van der Waals surface area contributed by atoms with Crippen molar-refractivity contribution >= 4 is 31.3 Å². The molecule has 0 saturated carbocycles. The van der Waals surface area contributed by atoms with Gasteiger partial charge in [-0.1, -0.05) is 18.3 Å². The molecule has 0 unspecified atom stereocenters. The van der Waals surface area contributed by atoms with Crippen molar-refractivity contribution < 1.29 is 21.4 Å². The Kier molecular flexibility index (Phi) is 5.20. The van der Waals surface area contributed by atoms with Crippen LogP contribution in [0.25, 0.3) is 0 Å². The summed E-state index contributed by atoms with van der Waals surface area (Å²) in [5, 5.41) is 7.97. The van der Waals surface area contributed by atoms with Crippen molar-refractivity contribution in [2.75, 3.05) is 11.5 Å². The van der Waals surface area contributed by atoms with Gasteiger partial charge in [-0.2, -0.15) is 8.42 Å². The molecule has 0 aliphatic rings. The summed E-state index contributed by atoms with van der Waals surface area (Å²) in [5.41, 5.74) is 0. The van der Waals surface area contributed by atoms with Crippen molar-refractivity contribution in [1.82, 2.24) is 10.2 Å². The van der Waals surface area contributed by atoms with E-state index < -0.39 is 25.7 Å². The molecule has 1 heterocycles. The van der Waals surface area contributed by atoms with Crippen molar-refractivity contribution in [2.45, 2.75) is 30.5 Å². The fourth-order valence-corrected chi connectivity index (χ4v) is 4.22. The van der Waals surface area contributed by atoms with Gasteiger partial charge in [-0.05, 0) is 19.3 Å². The summed E-state index contributed by atoms with van der Waals surface area (Å²) in [6.45, 7) is 1.85. The van der Waals surface area contributed by atoms with Crippen LogP contribution in [0.3, 0.4) is 0 Å². The zero-order valence-electron chi connectivity index (χ0n) is 9.73. The Hall–Kier alpha value is -0.580. The highest BCUT2D eigenvalue weighted by Crippen LogP contribution is 2.18. The van der Waals surface area contributed by atoms with Crippen LogP contribution in [0.1, 0.15) is 24.8 Å². The fraction of sp³-hybridized carbons (Fsp3) is 0.750. The number of hydrogen-bond acceptors (Lipinski definition) is 7. The number of hydrogen-bond donors (Lipinski definition) is 1. The number of rotatable bonds is 7. The monoisotopic (exact) mass is 314 g/mol. The van der Waals surface area contributed by atoms with E-state index in [9.17, 15) is 16.8 Å². The summed E-state index contributed by atoms with van der Waals surface area (Å²) in [6.07, 6.45) is 0.872. The average molecular weight is 314 g/mol. The second-order valence-corrected chi connectivity index (χ2v) is 8.54. The van der Waals surface area contributed by atoms with Crippen LogP contribution >= 0.6 is 11.3 Å². The second kappa shape index (κ2) is 6.04. The van der Waals surface area contributed by atoms with Gasteiger partial charge in [0.25, 0.3) is 10.1 Å². The van der Waals surface area contributed by atoms with E-state index in [4.69, 9.17) is 4.55 Å². The fourth-order valence-electron chi connectivity index (χ4n) is 1.17. The quantitative estimate of drug-likeness (QED) is 0.577. The molecule has 0 radical (unpaired) electrons. The first kappa shape index (κ1) is 15.5. The molecule has 0 atom stereocenters. The maximum Gasteiger partial charge on any atom is 0.264 e. The van der Waals surface area contributed by atoms with Gasteiger partial charge >= 0.3 is 0 Å². The summed E-state index contributed by atoms with van der Waals surface area (Å²) in [6, 6.07) is 0. The number of sulfone groups is 1. The van der Waals surface area contributed by atoms with E-state index in [2.05, 4.69) is 10.2 Å². The van der Waals surface area contributed by atoms with Gasteiger partial charge in [0.1, 0.15) is 5.01 Å². The maximum atomic E-state index is 11.8. The third-order valence-corrected chi connectivity index (χ3v) is 6.20. The number of aryl methyl sites for hydroxylation is 1. The molecule has 1 aromatic heterocycles. The zero-order chi connectivity index (χ0) is 13.8. The van der Waals surface area contributed by atoms with Crippen molar-refractivity contribution in [2.24, 2.45) is 0 Å². The first-order valence-corrected chi connectivity index (χ1v) is 9.32. The largest absolute Gasteiger partial charge is 0.286 e. The highest BCUT2D eigenvalue weighted by Gasteiger charge is 2.19. The minimum absolute atomic E-state index is 0.0359. The molecule has 0 spiro atoms. The Labute approximate surface area is 110 Å². The third-order valence-electron chi connectivity index (χ3n) is 2.08. The molecule has 0 bridgehead atoms. The van der Waals surface area contributed by atoms with Crippen molar-refractivity contribution in [3.63, 3.8) is 0 Å². The molecule has 0 amide bonds. The van der Waals surface area contributed by atoms with Crippen LogP contribution in [0, 0.1) is 0 Å². The van der Waals surface area contributed by atoms with E-state index in [1.807, 2.05) is 6.92 Å². The van der Waals surface area contributed by atoms with E-state index in [0.717, 1.165) is 11.3 Å². The van der Waals surface area contributed by atoms with Crippen LogP contribution in [0.2, 0.25) is 0 Å². The summed E-state index contributed by atoms with van der Waals surface area (Å²) in [4.78, 5) is 0. The second-order valence-electron chi connectivity index (χ2n) is 3.63. The lowest BCUT2D eigenvalue weighted by Gasteiger charge is -1.99. The van der Waals surface area contributed by atoms with E-state index >= 15 is 0 Å². The van der Waals surface area contributed by atoms with Crippen molar-refractivity contribution in [1.29, 1.82) is 0 Å². The topological polar surface area (TPSA) is 114 Å². The van der Waals surface area contributed by atoms with Gasteiger partial charge in [0, 0.05) is 0 Å². The molecule has 0 fully saturated rings. The van der Waals surface area contributed by atoms with Gasteiger partial charge in [-0.15, -0.1) is 10.2 Å². The van der Waals surface area contributed by atoms with Crippen LogP contribution in [0.4, 0.5) is 0 Å². The molecule has 1 aromatic rings. The third kappa shape index (κ3) is 4.96. The standard InChI is InChI=1S/C8H14N2O5S3/c1-2-7-9-10-8(16-7)17(11,12)5-3-4-6-18(13,14)15/h2-6H2,1H3,(H,13,14,15). The molecule has 0 aliphatic heterocycles. The van der Waals surface area contributed by atoms with Gasteiger partial charge in [0.05, 0.1) is 11.5 Å². The Morgan fingerprint density at radius 1 is 1.11 bits per heavy atom. The number of aromatic nitrogens is 2. The molecule has 1 rings (SSSR count). The lowest BCUT2D eigenvalue weighted by molar-refractivity contribution is 0.480. The molecule has 1 N–H and O–H groups in total. The van der Waals surface area contributed by atoms with Crippen molar-refractivity contribution in [3.8, 4) is 0 Å². The molecule has 0 saturated heterocycles. The lowest BCUT2D eigenvalue weighted by Crippen LogP contribution is -2.09. The molecule has 7 nitrogen and oxygen atoms in total. The summed E-state index contributed by atoms with van der Waals surface area (Å²) < 4.78 is 52.9. The van der Waals surface area contributed by atoms with Crippen molar-refractivity contribution in [3.05, 3.63) is 5.01 Å². The Morgan fingerprint density at radius 2 is 1.72 bits per heavy atom. The zero-order valence-corrected chi connectivity index (χ0v) is 12.2. The SMILES string of the molecule is CCc1nnc(S(=O)(=O)CCCCS(=O)(=O)O)s1. The predicted octanol–water partition coefficient (Wildman–Crippen LogP) is 0.542. The van der Waals surface area contributed by atoms with Gasteiger partial charge in [-0.25, -0.2) is 8.42 Å². The predicted molar refractivity (Wildman–Crippen MR) is 67.0 cm³/mol. The van der Waals surface area contributed by atoms with E-state index in [0.29, 0.717) is 11.4 Å². The van der Waals surface area contributed by atoms with Crippen LogP contribution in [0.15, 0.2) is 4.34 Å². The molecule has 10 heteroatoms. The summed E-state index contributed by atoms with van der Waals surface area (Å²) >= 11 is 1.03. The van der Waals surface area contributed by atoms with Gasteiger partial charge in [-0.3, -0.25) is 4.55 Å². The average Bonchev–Trinajstić information content (AvgIpc) is 2.72. The van der Waals surface area contributed by atoms with E-state index in [-0.39, 0.29) is 22.9 Å². The molecule has 0 aromatic carbocycles. The molecule has 0 aliphatic carbocycles. The summed E-state index contributed by atoms with van der Waals surface area (Å²) in [7, 11) is -7.53. The first-order chi connectivity index (χ1) is 8.24. The number of unbranched alkanes of at least 4 members (excludes halogenated alkanes) is 1. The minimum Gasteiger partial charge on any atom is -0.286 e. The minimum atomic E-state index is -4.03. The summed E-state index contributed by atoms with van der Waals surface area (Å²) in [5.74, 6) is -0.625. The molecule has 104 valence electrons. The van der Waals surface area contributed by atoms with Crippen LogP contribution in [-0.2, 0) is 26.4 Å². The molecule has 18 heavy (non-hydrogen) atoms. The smallest absolute Gasteiger partial charge is 0.264 e. The molecular formula is C8H14N2O5S3. The first-order valence-electron chi connectivity index (χ1n) is 5.25. The highest BCUT2D eigenvalue weighted by atomic mass is 32.2. The molecular weight excluding hydrogens is 300 g/mol. The van der Waals surface area contributed by atoms with Gasteiger partial charge in [0.15, 0.2) is 0 Å². The highest BCUT2D eigenvalue weighted by molar-refractivity contribution is 7.93. The Balaban J connectivity index is 2.55. The Bertz CT molecular complexity index is 590. The van der Waals surface area contributed by atoms with E-state index in [1.165, 1.54) is 0 Å². The van der Waals surface area contributed by atoms with E-state index in [1.54, 1.807) is 0 Å². The Morgan fingerprint density at radius 3 is 2.22 bits per heavy atom. The van der Waals surface area contributed by atoms with Gasteiger partial charge < -0.3 is 0 Å². The van der Waals surface area contributed by atoms with Crippen LogP contribution in [0.5, 0.6) is 0 Å². The van der Waals surface area contributed by atoms with Gasteiger partial charge in [0.2, 0.25) is 14.2 Å². The lowest BCUT2D eigenvalue weighted by atomic mass is 10.4. The van der Waals surface area contributed by atoms with Crippen LogP contribution < -0.4 is 0 Å². The maximum absolute atomic E-state index is 11.8. The van der Waals surface area contributed by atoms with Crippen LogP contribution in [-0.4, -0.2) is 43.1 Å². The number of nitrogens with zero attached hydrogens (tertiary/aromatic N) is 2.